The lowest BCUT2D eigenvalue weighted by Crippen LogP contribution is -2.52. The highest BCUT2D eigenvalue weighted by Gasteiger charge is 2.44. The van der Waals surface area contributed by atoms with Crippen LogP contribution in [0, 0.1) is 23.2 Å². The van der Waals surface area contributed by atoms with E-state index in [0.717, 1.165) is 5.75 Å². The van der Waals surface area contributed by atoms with Crippen molar-refractivity contribution in [2.24, 2.45) is 11.8 Å². The summed E-state index contributed by atoms with van der Waals surface area (Å²) in [6.07, 6.45) is 1.29. The van der Waals surface area contributed by atoms with Gasteiger partial charge in [-0.2, -0.15) is 22.0 Å². The molecule has 9 heteroatoms. The van der Waals surface area contributed by atoms with Crippen LogP contribution in [0.3, 0.4) is 0 Å². The molecule has 0 spiro atoms. The van der Waals surface area contributed by atoms with Crippen molar-refractivity contribution in [2.45, 2.75) is 45.2 Å². The zero-order valence-electron chi connectivity index (χ0n) is 16.2. The average Bonchev–Trinajstić information content (AvgIpc) is 3.23. The fourth-order valence-electron chi connectivity index (χ4n) is 3.63. The third kappa shape index (κ3) is 4.33. The lowest BCUT2D eigenvalue weighted by molar-refractivity contribution is -0.122. The minimum absolute atomic E-state index is 0.248. The molecule has 0 radical (unpaired) electrons. The van der Waals surface area contributed by atoms with Crippen LogP contribution in [0.25, 0.3) is 10.3 Å². The number of carbonyl (C=O) groups is 1. The number of nitriles is 1. The van der Waals surface area contributed by atoms with Crippen LogP contribution in [0.2, 0.25) is 0 Å². The van der Waals surface area contributed by atoms with E-state index in [9.17, 15) is 14.9 Å². The summed E-state index contributed by atoms with van der Waals surface area (Å²) in [7, 11) is 0. The number of hydrogen-bond acceptors (Lipinski definition) is 8. The topological polar surface area (TPSA) is 108 Å². The summed E-state index contributed by atoms with van der Waals surface area (Å²) in [6.45, 7) is 6.24. The van der Waals surface area contributed by atoms with Gasteiger partial charge in [-0.15, -0.1) is 11.3 Å². The predicted molar refractivity (Wildman–Crippen MR) is 113 cm³/mol. The average molecular weight is 421 g/mol. The second kappa shape index (κ2) is 8.53. The zero-order chi connectivity index (χ0) is 20.3. The summed E-state index contributed by atoms with van der Waals surface area (Å²) in [5.41, 5.74) is -0.840. The van der Waals surface area contributed by atoms with E-state index in [1.54, 1.807) is 17.8 Å². The Kier molecular flexibility index (Phi) is 6.30. The standard InChI is InChI=1S/C19H24N4O3S2/c1-4-27-9-14(16(24)23-19(10-20)7-11(2)12(3)8-19)21-15-13-5-6-28-17(13)26-18(25)22-15/h5-6,11-12,14H,4,7-9H2,1-3H3,(H,23,24)(H,21,22,25). The molecule has 2 heterocycles. The summed E-state index contributed by atoms with van der Waals surface area (Å²) in [6, 6.07) is 3.52. The van der Waals surface area contributed by atoms with Crippen LogP contribution in [0.4, 0.5) is 5.82 Å². The van der Waals surface area contributed by atoms with Gasteiger partial charge in [-0.25, -0.2) is 4.79 Å². The minimum atomic E-state index is -0.840. The predicted octanol–water partition coefficient (Wildman–Crippen LogP) is 3.23. The molecule has 1 fully saturated rings. The monoisotopic (exact) mass is 420 g/mol. The fourth-order valence-corrected chi connectivity index (χ4v) is 5.07. The van der Waals surface area contributed by atoms with Crippen LogP contribution >= 0.6 is 23.1 Å². The molecule has 0 bridgehead atoms. The Hall–Kier alpha value is -2.05. The molecule has 7 nitrogen and oxygen atoms in total. The first-order valence-electron chi connectivity index (χ1n) is 9.33. The first-order valence-corrected chi connectivity index (χ1v) is 11.4. The Morgan fingerprint density at radius 1 is 1.50 bits per heavy atom. The highest BCUT2D eigenvalue weighted by atomic mass is 32.2. The normalized spacial score (nSPS) is 25.4. The van der Waals surface area contributed by atoms with Crippen molar-refractivity contribution < 1.29 is 9.21 Å². The van der Waals surface area contributed by atoms with Crippen LogP contribution < -0.4 is 16.4 Å². The van der Waals surface area contributed by atoms with Gasteiger partial charge >= 0.3 is 5.76 Å². The molecule has 2 aromatic heterocycles. The number of nitrogens with one attached hydrogen (secondary N) is 2. The van der Waals surface area contributed by atoms with E-state index >= 15 is 0 Å². The van der Waals surface area contributed by atoms with Gasteiger partial charge in [0.2, 0.25) is 5.91 Å². The smallest absolute Gasteiger partial charge is 0.397 e. The van der Waals surface area contributed by atoms with Crippen molar-refractivity contribution in [3.8, 4) is 6.07 Å². The number of thioether (sulfide) groups is 1. The molecular formula is C19H24N4O3S2. The van der Waals surface area contributed by atoms with Gasteiger partial charge in [-0.3, -0.25) is 4.79 Å². The quantitative estimate of drug-likeness (QED) is 0.708. The summed E-state index contributed by atoms with van der Waals surface area (Å²) in [4.78, 5) is 29.2. The van der Waals surface area contributed by atoms with Gasteiger partial charge in [0.1, 0.15) is 17.4 Å². The molecule has 2 N–H and O–H groups in total. The highest BCUT2D eigenvalue weighted by molar-refractivity contribution is 7.99. The van der Waals surface area contributed by atoms with Crippen molar-refractivity contribution in [1.82, 2.24) is 10.3 Å². The zero-order valence-corrected chi connectivity index (χ0v) is 17.8. The van der Waals surface area contributed by atoms with E-state index in [2.05, 4.69) is 35.5 Å². The van der Waals surface area contributed by atoms with Crippen LogP contribution in [-0.4, -0.2) is 34.0 Å². The van der Waals surface area contributed by atoms with Crippen molar-refractivity contribution in [2.75, 3.05) is 16.8 Å². The number of aromatic nitrogens is 1. The van der Waals surface area contributed by atoms with Gasteiger partial charge in [0, 0.05) is 5.75 Å². The maximum atomic E-state index is 13.1. The molecule has 0 aromatic carbocycles. The molecule has 3 unspecified atom stereocenters. The molecule has 1 aliphatic rings. The van der Waals surface area contributed by atoms with Gasteiger partial charge < -0.3 is 15.1 Å². The minimum Gasteiger partial charge on any atom is -0.397 e. The van der Waals surface area contributed by atoms with Crippen molar-refractivity contribution in [3.05, 3.63) is 22.0 Å². The second-order valence-corrected chi connectivity index (χ2v) is 9.55. The molecule has 150 valence electrons. The molecule has 3 rings (SSSR count). The number of hydrogen-bond donors (Lipinski definition) is 2. The van der Waals surface area contributed by atoms with Crippen LogP contribution in [-0.2, 0) is 4.79 Å². The van der Waals surface area contributed by atoms with E-state index in [1.807, 2.05) is 12.3 Å². The number of fused-ring (bicyclic) bond motifs is 1. The number of rotatable bonds is 7. The van der Waals surface area contributed by atoms with Gasteiger partial charge in [-0.05, 0) is 41.9 Å². The van der Waals surface area contributed by atoms with Gasteiger partial charge in [0.05, 0.1) is 11.5 Å². The summed E-state index contributed by atoms with van der Waals surface area (Å²) in [5, 5.41) is 18.3. The largest absolute Gasteiger partial charge is 0.441 e. The SMILES string of the molecule is CCSCC(Nc1nc(=O)oc2sccc12)C(=O)NC1(C#N)CC(C)C(C)C1. The number of thiophene rings is 1. The van der Waals surface area contributed by atoms with Crippen LogP contribution in [0.1, 0.15) is 33.6 Å². The Bertz CT molecular complexity index is 939. The van der Waals surface area contributed by atoms with E-state index in [1.165, 1.54) is 11.3 Å². The van der Waals surface area contributed by atoms with E-state index in [-0.39, 0.29) is 5.91 Å². The Morgan fingerprint density at radius 2 is 2.21 bits per heavy atom. The first-order chi connectivity index (χ1) is 13.4. The van der Waals surface area contributed by atoms with Crippen LogP contribution in [0.5, 0.6) is 0 Å². The highest BCUT2D eigenvalue weighted by Crippen LogP contribution is 2.38. The maximum Gasteiger partial charge on any atom is 0.441 e. The van der Waals surface area contributed by atoms with Crippen molar-refractivity contribution >= 4 is 45.1 Å². The van der Waals surface area contributed by atoms with Crippen molar-refractivity contribution in [3.63, 3.8) is 0 Å². The molecule has 0 saturated heterocycles. The molecule has 0 aliphatic heterocycles. The third-order valence-electron chi connectivity index (χ3n) is 5.27. The summed E-state index contributed by atoms with van der Waals surface area (Å²) >= 11 is 2.91. The van der Waals surface area contributed by atoms with Gasteiger partial charge in [0.25, 0.3) is 0 Å². The molecule has 1 aliphatic carbocycles. The summed E-state index contributed by atoms with van der Waals surface area (Å²) < 4.78 is 5.09. The van der Waals surface area contributed by atoms with Crippen LogP contribution in [0.15, 0.2) is 20.7 Å². The Morgan fingerprint density at radius 3 is 2.86 bits per heavy atom. The molecule has 28 heavy (non-hydrogen) atoms. The number of nitrogens with zero attached hydrogens (tertiary/aromatic N) is 2. The molecular weight excluding hydrogens is 396 g/mol. The second-order valence-electron chi connectivity index (χ2n) is 7.35. The fraction of sp³-hybridized carbons (Fsp3) is 0.579. The maximum absolute atomic E-state index is 13.1. The third-order valence-corrected chi connectivity index (χ3v) is 7.04. The molecule has 3 atom stereocenters. The molecule has 1 saturated carbocycles. The van der Waals surface area contributed by atoms with E-state index in [4.69, 9.17) is 4.42 Å². The summed E-state index contributed by atoms with van der Waals surface area (Å²) in [5.74, 6) is 1.49. The van der Waals surface area contributed by atoms with Gasteiger partial charge in [-0.1, -0.05) is 20.8 Å². The van der Waals surface area contributed by atoms with E-state index < -0.39 is 17.3 Å². The molecule has 2 aromatic rings. The van der Waals surface area contributed by atoms with Gasteiger partial charge in [0.15, 0.2) is 4.90 Å². The Labute approximate surface area is 171 Å². The Balaban J connectivity index is 1.83. The lowest BCUT2D eigenvalue weighted by atomic mass is 9.97. The number of anilines is 1. The molecule has 1 amide bonds. The number of carbonyl (C=O) groups excluding carboxylic acids is 1. The first kappa shape index (κ1) is 20.7. The van der Waals surface area contributed by atoms with Crippen molar-refractivity contribution in [1.29, 1.82) is 5.26 Å². The van der Waals surface area contributed by atoms with E-state index in [0.29, 0.717) is 46.5 Å². The lowest BCUT2D eigenvalue weighted by Gasteiger charge is -2.26. The number of amides is 1.